The molecule has 1 aromatic carbocycles. The Labute approximate surface area is 111 Å². The van der Waals surface area contributed by atoms with Gasteiger partial charge in [0.15, 0.2) is 0 Å². The van der Waals surface area contributed by atoms with Gasteiger partial charge in [0.05, 0.1) is 0 Å². The van der Waals surface area contributed by atoms with Gasteiger partial charge in [-0.15, -0.1) is 0 Å². The molecule has 2 aromatic rings. The predicted octanol–water partition coefficient (Wildman–Crippen LogP) is 3.29. The third-order valence-corrected chi connectivity index (χ3v) is 3.92. The molecule has 0 spiro atoms. The maximum absolute atomic E-state index is 13.5. The normalized spacial score (nSPS) is 17.8. The summed E-state index contributed by atoms with van der Waals surface area (Å²) in [5.41, 5.74) is 1.70. The minimum Gasteiger partial charge on any atom is -0.380 e. The van der Waals surface area contributed by atoms with Gasteiger partial charge >= 0.3 is 0 Å². The lowest BCUT2D eigenvalue weighted by atomic mass is 9.90. The molecule has 0 amide bonds. The fourth-order valence-electron chi connectivity index (χ4n) is 2.96. The summed E-state index contributed by atoms with van der Waals surface area (Å²) in [6.07, 6.45) is 6.97. The van der Waals surface area contributed by atoms with Crippen molar-refractivity contribution in [1.29, 1.82) is 0 Å². The molecule has 4 heteroatoms. The van der Waals surface area contributed by atoms with Gasteiger partial charge in [-0.05, 0) is 42.0 Å². The van der Waals surface area contributed by atoms with E-state index >= 15 is 0 Å². The van der Waals surface area contributed by atoms with Crippen molar-refractivity contribution < 1.29 is 9.50 Å². The van der Waals surface area contributed by atoms with Crippen LogP contribution in [0.4, 0.5) is 4.39 Å². The smallest absolute Gasteiger partial charge is 0.139 e. The number of imidazole rings is 1. The van der Waals surface area contributed by atoms with Crippen LogP contribution in [0.2, 0.25) is 0 Å². The largest absolute Gasteiger partial charge is 0.380 e. The molecule has 1 aliphatic rings. The van der Waals surface area contributed by atoms with Gasteiger partial charge in [0.2, 0.25) is 0 Å². The lowest BCUT2D eigenvalue weighted by Crippen LogP contribution is -2.08. The standard InChI is InChI=1S/C15H17FN2O/c16-11-5-6-12(14(19)15-17-7-8-18-15)13(9-11)10-3-1-2-4-10/h5-10,14,19H,1-4H2,(H,17,18). The number of halogens is 1. The zero-order chi connectivity index (χ0) is 13.2. The van der Waals surface area contributed by atoms with Crippen molar-refractivity contribution in [1.82, 2.24) is 9.97 Å². The van der Waals surface area contributed by atoms with Crippen molar-refractivity contribution in [3.63, 3.8) is 0 Å². The highest BCUT2D eigenvalue weighted by Crippen LogP contribution is 2.38. The Balaban J connectivity index is 2.00. The van der Waals surface area contributed by atoms with Gasteiger partial charge in [0.1, 0.15) is 17.7 Å². The van der Waals surface area contributed by atoms with Gasteiger partial charge in [-0.3, -0.25) is 0 Å². The second kappa shape index (κ2) is 5.13. The van der Waals surface area contributed by atoms with Crippen LogP contribution in [0.1, 0.15) is 54.7 Å². The predicted molar refractivity (Wildman–Crippen MR) is 70.3 cm³/mol. The Kier molecular flexibility index (Phi) is 3.34. The molecular weight excluding hydrogens is 243 g/mol. The maximum Gasteiger partial charge on any atom is 0.139 e. The molecule has 2 N–H and O–H groups in total. The van der Waals surface area contributed by atoms with Gasteiger partial charge in [-0.1, -0.05) is 18.9 Å². The average Bonchev–Trinajstić information content (AvgIpc) is 3.11. The lowest BCUT2D eigenvalue weighted by Gasteiger charge is -2.18. The molecule has 1 aromatic heterocycles. The number of nitrogens with zero attached hydrogens (tertiary/aromatic N) is 1. The first-order chi connectivity index (χ1) is 9.25. The van der Waals surface area contributed by atoms with Crippen LogP contribution in [0.15, 0.2) is 30.6 Å². The van der Waals surface area contributed by atoms with E-state index in [2.05, 4.69) is 9.97 Å². The second-order valence-electron chi connectivity index (χ2n) is 5.13. The molecule has 1 atom stereocenters. The van der Waals surface area contributed by atoms with E-state index in [0.717, 1.165) is 24.0 Å². The fraction of sp³-hybridized carbons (Fsp3) is 0.400. The molecule has 1 aliphatic carbocycles. The average molecular weight is 260 g/mol. The number of benzene rings is 1. The lowest BCUT2D eigenvalue weighted by molar-refractivity contribution is 0.209. The number of hydrogen-bond donors (Lipinski definition) is 2. The highest BCUT2D eigenvalue weighted by Gasteiger charge is 2.24. The number of H-pyrrole nitrogens is 1. The van der Waals surface area contributed by atoms with E-state index in [1.54, 1.807) is 24.5 Å². The van der Waals surface area contributed by atoms with Gasteiger partial charge in [-0.2, -0.15) is 0 Å². The number of aromatic nitrogens is 2. The molecule has 1 heterocycles. The molecule has 0 aliphatic heterocycles. The van der Waals surface area contributed by atoms with Gasteiger partial charge in [0, 0.05) is 12.4 Å². The summed E-state index contributed by atoms with van der Waals surface area (Å²) in [7, 11) is 0. The van der Waals surface area contributed by atoms with Crippen molar-refractivity contribution in [2.45, 2.75) is 37.7 Å². The SMILES string of the molecule is OC(c1ncc[nH]1)c1ccc(F)cc1C1CCCC1. The van der Waals surface area contributed by atoms with Gasteiger partial charge in [0.25, 0.3) is 0 Å². The molecule has 1 saturated carbocycles. The van der Waals surface area contributed by atoms with Crippen LogP contribution in [0.3, 0.4) is 0 Å². The third kappa shape index (κ3) is 2.40. The summed E-state index contributed by atoms with van der Waals surface area (Å²) in [6, 6.07) is 4.65. The highest BCUT2D eigenvalue weighted by atomic mass is 19.1. The number of aromatic amines is 1. The van der Waals surface area contributed by atoms with Crippen LogP contribution in [-0.4, -0.2) is 15.1 Å². The Hall–Kier alpha value is -1.68. The van der Waals surface area contributed by atoms with E-state index in [1.165, 1.54) is 18.9 Å². The molecular formula is C15H17FN2O. The van der Waals surface area contributed by atoms with Crippen molar-refractivity contribution >= 4 is 0 Å². The van der Waals surface area contributed by atoms with E-state index in [1.807, 2.05) is 0 Å². The summed E-state index contributed by atoms with van der Waals surface area (Å²) >= 11 is 0. The first-order valence-corrected chi connectivity index (χ1v) is 6.72. The molecule has 0 radical (unpaired) electrons. The van der Waals surface area contributed by atoms with Crippen LogP contribution >= 0.6 is 0 Å². The summed E-state index contributed by atoms with van der Waals surface area (Å²) in [6.45, 7) is 0. The molecule has 100 valence electrons. The molecule has 0 saturated heterocycles. The minimum atomic E-state index is -0.814. The maximum atomic E-state index is 13.5. The summed E-state index contributed by atoms with van der Waals surface area (Å²) < 4.78 is 13.5. The van der Waals surface area contributed by atoms with Crippen molar-refractivity contribution in [2.24, 2.45) is 0 Å². The van der Waals surface area contributed by atoms with E-state index in [0.29, 0.717) is 11.7 Å². The van der Waals surface area contributed by atoms with Gasteiger partial charge < -0.3 is 10.1 Å². The van der Waals surface area contributed by atoms with E-state index in [4.69, 9.17) is 0 Å². The van der Waals surface area contributed by atoms with Crippen LogP contribution in [-0.2, 0) is 0 Å². The molecule has 0 bridgehead atoms. The molecule has 1 unspecified atom stereocenters. The molecule has 3 rings (SSSR count). The first kappa shape index (κ1) is 12.4. The molecule has 19 heavy (non-hydrogen) atoms. The first-order valence-electron chi connectivity index (χ1n) is 6.72. The summed E-state index contributed by atoms with van der Waals surface area (Å²) in [5.74, 6) is 0.624. The fourth-order valence-corrected chi connectivity index (χ4v) is 2.96. The van der Waals surface area contributed by atoms with Crippen molar-refractivity contribution in [2.75, 3.05) is 0 Å². The number of hydrogen-bond acceptors (Lipinski definition) is 2. The Morgan fingerprint density at radius 3 is 2.79 bits per heavy atom. The topological polar surface area (TPSA) is 48.9 Å². The molecule has 3 nitrogen and oxygen atoms in total. The van der Waals surface area contributed by atoms with Crippen molar-refractivity contribution in [3.05, 3.63) is 53.4 Å². The van der Waals surface area contributed by atoms with Crippen molar-refractivity contribution in [3.8, 4) is 0 Å². The third-order valence-electron chi connectivity index (χ3n) is 3.92. The number of aliphatic hydroxyl groups excluding tert-OH is 1. The zero-order valence-electron chi connectivity index (χ0n) is 10.6. The highest BCUT2D eigenvalue weighted by molar-refractivity contribution is 5.36. The second-order valence-corrected chi connectivity index (χ2v) is 5.13. The van der Waals surface area contributed by atoms with E-state index in [-0.39, 0.29) is 5.82 Å². The van der Waals surface area contributed by atoms with Crippen LogP contribution in [0, 0.1) is 5.82 Å². The van der Waals surface area contributed by atoms with E-state index < -0.39 is 6.10 Å². The monoisotopic (exact) mass is 260 g/mol. The quantitative estimate of drug-likeness (QED) is 0.889. The number of rotatable bonds is 3. The Bertz CT molecular complexity index is 547. The number of nitrogens with one attached hydrogen (secondary N) is 1. The van der Waals surface area contributed by atoms with E-state index in [9.17, 15) is 9.50 Å². The minimum absolute atomic E-state index is 0.239. The molecule has 1 fully saturated rings. The van der Waals surface area contributed by atoms with Crippen LogP contribution < -0.4 is 0 Å². The van der Waals surface area contributed by atoms with Crippen LogP contribution in [0.25, 0.3) is 0 Å². The van der Waals surface area contributed by atoms with Crippen LogP contribution in [0.5, 0.6) is 0 Å². The number of aliphatic hydroxyl groups is 1. The Morgan fingerprint density at radius 2 is 2.11 bits per heavy atom. The zero-order valence-corrected chi connectivity index (χ0v) is 10.6. The van der Waals surface area contributed by atoms with Gasteiger partial charge in [-0.25, -0.2) is 9.37 Å². The summed E-state index contributed by atoms with van der Waals surface area (Å²) in [5, 5.41) is 10.4. The summed E-state index contributed by atoms with van der Waals surface area (Å²) in [4.78, 5) is 7.00. The Morgan fingerprint density at radius 1 is 1.32 bits per heavy atom.